The number of benzene rings is 1. The number of hydrogen-bond acceptors (Lipinski definition) is 3. The number of carbonyl (C=O) groups is 1. The van der Waals surface area contributed by atoms with Crippen molar-refractivity contribution in [3.05, 3.63) is 29.8 Å². The van der Waals surface area contributed by atoms with Gasteiger partial charge in [0.05, 0.1) is 4.90 Å². The molecule has 1 rings (SSSR count). The molecule has 0 aliphatic rings. The zero-order valence-corrected chi connectivity index (χ0v) is 10.4. The van der Waals surface area contributed by atoms with Crippen LogP contribution in [0.15, 0.2) is 29.2 Å². The highest BCUT2D eigenvalue weighted by atomic mass is 32.2. The van der Waals surface area contributed by atoms with Crippen LogP contribution in [0.1, 0.15) is 25.3 Å². The van der Waals surface area contributed by atoms with Crippen LogP contribution in [0.25, 0.3) is 0 Å². The molecule has 0 heterocycles. The molecule has 0 atom stereocenters. The minimum absolute atomic E-state index is 0.217. The average Bonchev–Trinajstić information content (AvgIpc) is 2.17. The number of sulfone groups is 1. The summed E-state index contributed by atoms with van der Waals surface area (Å²) in [6, 6.07) is 6.73. The van der Waals surface area contributed by atoms with Crippen LogP contribution in [0.4, 0.5) is 0 Å². The molecule has 0 saturated heterocycles. The van der Waals surface area contributed by atoms with E-state index in [1.807, 2.05) is 6.92 Å². The second-order valence-corrected chi connectivity index (χ2v) is 5.77. The molecule has 0 fully saturated rings. The van der Waals surface area contributed by atoms with E-state index in [1.54, 1.807) is 31.2 Å². The Kier molecular flexibility index (Phi) is 4.24. The van der Waals surface area contributed by atoms with Gasteiger partial charge in [0.25, 0.3) is 0 Å². The summed E-state index contributed by atoms with van der Waals surface area (Å²) in [5.74, 6) is -0.600. The molecule has 0 amide bonds. The first kappa shape index (κ1) is 12.9. The van der Waals surface area contributed by atoms with Crippen molar-refractivity contribution < 1.29 is 13.2 Å². The van der Waals surface area contributed by atoms with E-state index in [1.165, 1.54) is 0 Å². The molecule has 0 unspecified atom stereocenters. The fourth-order valence-corrected chi connectivity index (χ4v) is 3.11. The van der Waals surface area contributed by atoms with Crippen molar-refractivity contribution in [2.45, 2.75) is 31.6 Å². The van der Waals surface area contributed by atoms with Gasteiger partial charge in [0.15, 0.2) is 9.84 Å². The highest BCUT2D eigenvalue weighted by Gasteiger charge is 2.19. The van der Waals surface area contributed by atoms with E-state index in [9.17, 15) is 13.2 Å². The quantitative estimate of drug-likeness (QED) is 0.792. The third kappa shape index (κ3) is 3.17. The maximum atomic E-state index is 11.9. The van der Waals surface area contributed by atoms with Crippen LogP contribution in [0, 0.1) is 6.92 Å². The van der Waals surface area contributed by atoms with Crippen LogP contribution < -0.4 is 0 Å². The first-order valence-corrected chi connectivity index (χ1v) is 6.92. The van der Waals surface area contributed by atoms with E-state index < -0.39 is 9.84 Å². The van der Waals surface area contributed by atoms with Crippen LogP contribution in [0.2, 0.25) is 0 Å². The largest absolute Gasteiger partial charge is 0.299 e. The van der Waals surface area contributed by atoms with Gasteiger partial charge in [0, 0.05) is 6.42 Å². The number of carbonyl (C=O) groups excluding carboxylic acids is 1. The molecule has 0 aliphatic carbocycles. The van der Waals surface area contributed by atoms with Crippen molar-refractivity contribution in [2.24, 2.45) is 0 Å². The van der Waals surface area contributed by atoms with Crippen LogP contribution in [0.5, 0.6) is 0 Å². The van der Waals surface area contributed by atoms with Crippen molar-refractivity contribution in [2.75, 3.05) is 5.75 Å². The van der Waals surface area contributed by atoms with Gasteiger partial charge in [-0.2, -0.15) is 0 Å². The lowest BCUT2D eigenvalue weighted by Crippen LogP contribution is -2.16. The normalized spacial score (nSPS) is 11.4. The fraction of sp³-hybridized carbons (Fsp3) is 0.417. The molecular formula is C12H16O3S. The molecule has 0 aliphatic heterocycles. The van der Waals surface area contributed by atoms with Gasteiger partial charge in [0.1, 0.15) is 11.5 Å². The molecule has 16 heavy (non-hydrogen) atoms. The second kappa shape index (κ2) is 5.25. The van der Waals surface area contributed by atoms with Gasteiger partial charge in [-0.25, -0.2) is 8.42 Å². The van der Waals surface area contributed by atoms with E-state index in [4.69, 9.17) is 0 Å². The molecule has 4 heteroatoms. The topological polar surface area (TPSA) is 51.2 Å². The Morgan fingerprint density at radius 1 is 1.25 bits per heavy atom. The molecule has 0 aromatic heterocycles. The molecular weight excluding hydrogens is 224 g/mol. The maximum absolute atomic E-state index is 11.9. The van der Waals surface area contributed by atoms with Gasteiger partial charge in [-0.3, -0.25) is 4.79 Å². The van der Waals surface area contributed by atoms with Gasteiger partial charge < -0.3 is 0 Å². The van der Waals surface area contributed by atoms with E-state index in [-0.39, 0.29) is 16.4 Å². The summed E-state index contributed by atoms with van der Waals surface area (Å²) in [6.45, 7) is 3.59. The van der Waals surface area contributed by atoms with E-state index >= 15 is 0 Å². The van der Waals surface area contributed by atoms with E-state index in [2.05, 4.69) is 0 Å². The Morgan fingerprint density at radius 2 is 1.88 bits per heavy atom. The van der Waals surface area contributed by atoms with Crippen molar-refractivity contribution in [1.29, 1.82) is 0 Å². The Morgan fingerprint density at radius 3 is 2.44 bits per heavy atom. The summed E-state index contributed by atoms with van der Waals surface area (Å²) in [6.07, 6.45) is 1.01. The Balaban J connectivity index is 2.95. The van der Waals surface area contributed by atoms with Crippen LogP contribution in [0.3, 0.4) is 0 Å². The van der Waals surface area contributed by atoms with Gasteiger partial charge in [-0.15, -0.1) is 0 Å². The lowest BCUT2D eigenvalue weighted by molar-refractivity contribution is -0.116. The molecule has 0 saturated carbocycles. The standard InChI is InChI=1S/C12H16O3S/c1-3-6-11(13)9-16(14,15)12-8-5-4-7-10(12)2/h4-5,7-8H,3,6,9H2,1-2H3. The summed E-state index contributed by atoms with van der Waals surface area (Å²) >= 11 is 0. The molecule has 0 N–H and O–H groups in total. The highest BCUT2D eigenvalue weighted by molar-refractivity contribution is 7.92. The van der Waals surface area contributed by atoms with Gasteiger partial charge in [0.2, 0.25) is 0 Å². The van der Waals surface area contributed by atoms with Crippen LogP contribution in [-0.4, -0.2) is 20.0 Å². The van der Waals surface area contributed by atoms with Crippen LogP contribution >= 0.6 is 0 Å². The fourth-order valence-electron chi connectivity index (χ4n) is 1.55. The molecule has 0 bridgehead atoms. The van der Waals surface area contributed by atoms with Crippen molar-refractivity contribution in [3.8, 4) is 0 Å². The highest BCUT2D eigenvalue weighted by Crippen LogP contribution is 2.16. The summed E-state index contributed by atoms with van der Waals surface area (Å²) in [5, 5.41) is 0. The van der Waals surface area contributed by atoms with Crippen LogP contribution in [-0.2, 0) is 14.6 Å². The van der Waals surface area contributed by atoms with Crippen molar-refractivity contribution >= 4 is 15.6 Å². The zero-order valence-electron chi connectivity index (χ0n) is 9.56. The summed E-state index contributed by atoms with van der Waals surface area (Å²) in [5.41, 5.74) is 0.687. The third-order valence-corrected chi connectivity index (χ3v) is 4.14. The smallest absolute Gasteiger partial charge is 0.185 e. The lowest BCUT2D eigenvalue weighted by atomic mass is 10.2. The first-order chi connectivity index (χ1) is 7.47. The first-order valence-electron chi connectivity index (χ1n) is 5.27. The van der Waals surface area contributed by atoms with Crippen molar-refractivity contribution in [1.82, 2.24) is 0 Å². The number of aryl methyl sites for hydroxylation is 1. The number of rotatable bonds is 5. The number of ketones is 1. The summed E-state index contributed by atoms with van der Waals surface area (Å²) in [7, 11) is -3.46. The molecule has 1 aromatic carbocycles. The predicted octanol–water partition coefficient (Wildman–Crippen LogP) is 2.14. The number of hydrogen-bond donors (Lipinski definition) is 0. The third-order valence-electron chi connectivity index (χ3n) is 2.31. The lowest BCUT2D eigenvalue weighted by Gasteiger charge is -2.06. The minimum atomic E-state index is -3.46. The van der Waals surface area contributed by atoms with Crippen molar-refractivity contribution in [3.63, 3.8) is 0 Å². The SMILES string of the molecule is CCCC(=O)CS(=O)(=O)c1ccccc1C. The summed E-state index contributed by atoms with van der Waals surface area (Å²) < 4.78 is 23.8. The summed E-state index contributed by atoms with van der Waals surface area (Å²) in [4.78, 5) is 11.6. The van der Waals surface area contributed by atoms with E-state index in [0.717, 1.165) is 0 Å². The molecule has 0 spiro atoms. The van der Waals surface area contributed by atoms with Gasteiger partial charge >= 0.3 is 0 Å². The number of Topliss-reactive ketones (excluding diaryl/α,β-unsaturated/α-hetero) is 1. The Bertz CT molecular complexity index is 475. The minimum Gasteiger partial charge on any atom is -0.299 e. The van der Waals surface area contributed by atoms with E-state index in [0.29, 0.717) is 18.4 Å². The molecule has 88 valence electrons. The molecule has 3 nitrogen and oxygen atoms in total. The Labute approximate surface area is 96.4 Å². The second-order valence-electron chi connectivity index (χ2n) is 3.81. The zero-order chi connectivity index (χ0) is 12.2. The van der Waals surface area contributed by atoms with Gasteiger partial charge in [-0.1, -0.05) is 25.1 Å². The molecule has 0 radical (unpaired) electrons. The maximum Gasteiger partial charge on any atom is 0.185 e. The van der Waals surface area contributed by atoms with Gasteiger partial charge in [-0.05, 0) is 25.0 Å². The average molecular weight is 240 g/mol. The predicted molar refractivity (Wildman–Crippen MR) is 63.1 cm³/mol. The molecule has 1 aromatic rings. The Hall–Kier alpha value is -1.16. The monoisotopic (exact) mass is 240 g/mol.